The second-order valence-corrected chi connectivity index (χ2v) is 8.96. The monoisotopic (exact) mass is 496 g/mol. The van der Waals surface area contributed by atoms with Gasteiger partial charge in [0.1, 0.15) is 5.69 Å². The van der Waals surface area contributed by atoms with Crippen molar-refractivity contribution in [3.8, 4) is 5.69 Å². The highest BCUT2D eigenvalue weighted by Crippen LogP contribution is 2.33. The number of nitrogens with zero attached hydrogens (tertiary/aromatic N) is 2. The molecular formula is C27H23F3N2O4. The molecule has 186 valence electrons. The molecule has 0 atom stereocenters. The smallest absolute Gasteiger partial charge is 0.416 e. The zero-order valence-electron chi connectivity index (χ0n) is 19.8. The summed E-state index contributed by atoms with van der Waals surface area (Å²) in [6.45, 7) is 4.78. The fraction of sp³-hybridized carbons (Fsp3) is 0.222. The van der Waals surface area contributed by atoms with E-state index in [0.29, 0.717) is 22.2 Å². The maximum Gasteiger partial charge on any atom is 0.416 e. The Labute approximate surface area is 204 Å². The molecule has 0 saturated carbocycles. The SMILES string of the molecule is Cc1ccc(C(=O)c2nn(-c3ccc(COC(C)(C)C(=O)O)cc3)c3cc(C(F)(F)F)ccc23)cc1. The number of hydrogen-bond donors (Lipinski definition) is 1. The summed E-state index contributed by atoms with van der Waals surface area (Å²) in [6.07, 6.45) is -4.57. The van der Waals surface area contributed by atoms with Gasteiger partial charge in [-0.15, -0.1) is 0 Å². The number of carbonyl (C=O) groups is 2. The Bertz CT molecular complexity index is 1440. The van der Waals surface area contributed by atoms with Gasteiger partial charge < -0.3 is 9.84 Å². The molecule has 36 heavy (non-hydrogen) atoms. The van der Waals surface area contributed by atoms with Gasteiger partial charge in [0.25, 0.3) is 0 Å². The van der Waals surface area contributed by atoms with Gasteiger partial charge >= 0.3 is 12.1 Å². The molecule has 0 aliphatic carbocycles. The van der Waals surface area contributed by atoms with Gasteiger partial charge in [-0.2, -0.15) is 18.3 Å². The summed E-state index contributed by atoms with van der Waals surface area (Å²) in [5.74, 6) is -1.51. The maximum atomic E-state index is 13.5. The van der Waals surface area contributed by atoms with E-state index in [1.54, 1.807) is 48.5 Å². The minimum absolute atomic E-state index is 0.0226. The molecule has 9 heteroatoms. The quantitative estimate of drug-likeness (QED) is 0.319. The molecule has 0 amide bonds. The van der Waals surface area contributed by atoms with Crippen LogP contribution in [-0.2, 0) is 22.3 Å². The van der Waals surface area contributed by atoms with Gasteiger partial charge in [0.05, 0.1) is 23.4 Å². The fourth-order valence-electron chi connectivity index (χ4n) is 3.56. The lowest BCUT2D eigenvalue weighted by atomic mass is 10.0. The summed E-state index contributed by atoms with van der Waals surface area (Å²) >= 11 is 0. The zero-order chi connectivity index (χ0) is 26.3. The maximum absolute atomic E-state index is 13.5. The third-order valence-corrected chi connectivity index (χ3v) is 5.83. The van der Waals surface area contributed by atoms with Crippen molar-refractivity contribution in [2.24, 2.45) is 0 Å². The molecule has 0 unspecified atom stereocenters. The highest BCUT2D eigenvalue weighted by Gasteiger charge is 2.32. The molecule has 0 aliphatic heterocycles. The van der Waals surface area contributed by atoms with Gasteiger partial charge in [-0.25, -0.2) is 9.48 Å². The number of carboxylic acid groups (broad SMARTS) is 1. The largest absolute Gasteiger partial charge is 0.479 e. The molecular weight excluding hydrogens is 473 g/mol. The average molecular weight is 496 g/mol. The Morgan fingerprint density at radius 3 is 2.19 bits per heavy atom. The number of hydrogen-bond acceptors (Lipinski definition) is 4. The van der Waals surface area contributed by atoms with Crippen LogP contribution in [-0.4, -0.2) is 32.2 Å². The second-order valence-electron chi connectivity index (χ2n) is 8.96. The summed E-state index contributed by atoms with van der Waals surface area (Å²) in [5.41, 5.74) is 0.380. The molecule has 4 aromatic rings. The third kappa shape index (κ3) is 5.01. The average Bonchev–Trinajstić information content (AvgIpc) is 3.21. The Hall–Kier alpha value is -3.98. The number of fused-ring (bicyclic) bond motifs is 1. The lowest BCUT2D eigenvalue weighted by molar-refractivity contribution is -0.162. The number of carbonyl (C=O) groups excluding carboxylic acids is 1. The number of aryl methyl sites for hydroxylation is 1. The summed E-state index contributed by atoms with van der Waals surface area (Å²) in [4.78, 5) is 24.5. The van der Waals surface area contributed by atoms with Crippen molar-refractivity contribution in [3.05, 3.63) is 94.7 Å². The predicted octanol–water partition coefficient (Wildman–Crippen LogP) is 5.96. The van der Waals surface area contributed by atoms with Crippen molar-refractivity contribution in [3.63, 3.8) is 0 Å². The highest BCUT2D eigenvalue weighted by molar-refractivity contribution is 6.15. The first-order valence-corrected chi connectivity index (χ1v) is 11.0. The van der Waals surface area contributed by atoms with Crippen molar-refractivity contribution in [2.75, 3.05) is 0 Å². The summed E-state index contributed by atoms with van der Waals surface area (Å²) in [5, 5.41) is 13.9. The minimum Gasteiger partial charge on any atom is -0.479 e. The number of carboxylic acids is 1. The van der Waals surface area contributed by atoms with Crippen LogP contribution in [0.5, 0.6) is 0 Å². The van der Waals surface area contributed by atoms with Gasteiger partial charge in [-0.1, -0.05) is 42.0 Å². The lowest BCUT2D eigenvalue weighted by Crippen LogP contribution is -2.34. The molecule has 3 aromatic carbocycles. The van der Waals surface area contributed by atoms with Crippen LogP contribution in [0.1, 0.15) is 46.6 Å². The Morgan fingerprint density at radius 1 is 0.972 bits per heavy atom. The van der Waals surface area contributed by atoms with Crippen LogP contribution in [0, 0.1) is 6.92 Å². The van der Waals surface area contributed by atoms with Crippen LogP contribution in [0.3, 0.4) is 0 Å². The van der Waals surface area contributed by atoms with E-state index >= 15 is 0 Å². The molecule has 1 heterocycles. The van der Waals surface area contributed by atoms with E-state index in [2.05, 4.69) is 5.10 Å². The van der Waals surface area contributed by atoms with E-state index in [4.69, 9.17) is 4.74 Å². The first kappa shape index (κ1) is 25.1. The topological polar surface area (TPSA) is 81.4 Å². The van der Waals surface area contributed by atoms with Gasteiger partial charge in [0.15, 0.2) is 5.60 Å². The number of benzene rings is 3. The predicted molar refractivity (Wildman–Crippen MR) is 127 cm³/mol. The highest BCUT2D eigenvalue weighted by atomic mass is 19.4. The Morgan fingerprint density at radius 2 is 1.61 bits per heavy atom. The van der Waals surface area contributed by atoms with Crippen molar-refractivity contribution in [1.82, 2.24) is 9.78 Å². The molecule has 0 radical (unpaired) electrons. The van der Waals surface area contributed by atoms with E-state index in [9.17, 15) is 27.9 Å². The van der Waals surface area contributed by atoms with Crippen molar-refractivity contribution >= 4 is 22.7 Å². The van der Waals surface area contributed by atoms with Gasteiger partial charge in [0.2, 0.25) is 5.78 Å². The Kier molecular flexibility index (Phi) is 6.44. The third-order valence-electron chi connectivity index (χ3n) is 5.83. The summed E-state index contributed by atoms with van der Waals surface area (Å²) < 4.78 is 47.1. The van der Waals surface area contributed by atoms with E-state index in [1.165, 1.54) is 24.6 Å². The number of aromatic nitrogens is 2. The summed E-state index contributed by atoms with van der Waals surface area (Å²) in [7, 11) is 0. The zero-order valence-corrected chi connectivity index (χ0v) is 19.8. The normalized spacial score (nSPS) is 12.2. The molecule has 0 saturated heterocycles. The molecule has 0 fully saturated rings. The Balaban J connectivity index is 1.76. The second kappa shape index (κ2) is 9.23. The molecule has 0 spiro atoms. The molecule has 6 nitrogen and oxygen atoms in total. The molecule has 0 bridgehead atoms. The van der Waals surface area contributed by atoms with Crippen LogP contribution in [0.2, 0.25) is 0 Å². The fourth-order valence-corrected chi connectivity index (χ4v) is 3.56. The number of alkyl halides is 3. The van der Waals surface area contributed by atoms with Crippen LogP contribution in [0.15, 0.2) is 66.7 Å². The van der Waals surface area contributed by atoms with E-state index in [-0.39, 0.29) is 17.8 Å². The van der Waals surface area contributed by atoms with E-state index in [0.717, 1.165) is 17.7 Å². The standard InChI is InChI=1S/C27H23F3N2O4/c1-16-4-8-18(9-5-16)24(33)23-21-13-10-19(27(28,29)30)14-22(21)32(31-23)20-11-6-17(7-12-20)15-36-26(2,3)25(34)35/h4-14H,15H2,1-3H3,(H,34,35). The molecule has 1 N–H and O–H groups in total. The minimum atomic E-state index is -4.57. The number of ketones is 1. The number of rotatable bonds is 7. The first-order chi connectivity index (χ1) is 16.9. The molecule has 1 aromatic heterocycles. The van der Waals surface area contributed by atoms with E-state index < -0.39 is 29.1 Å². The molecule has 0 aliphatic rings. The van der Waals surface area contributed by atoms with Gasteiger partial charge in [-0.05, 0) is 56.7 Å². The number of halogens is 3. The van der Waals surface area contributed by atoms with Gasteiger partial charge in [-0.3, -0.25) is 4.79 Å². The van der Waals surface area contributed by atoms with Crippen LogP contribution >= 0.6 is 0 Å². The van der Waals surface area contributed by atoms with Gasteiger partial charge in [0, 0.05) is 10.9 Å². The number of ether oxygens (including phenoxy) is 1. The van der Waals surface area contributed by atoms with Crippen LogP contribution in [0.4, 0.5) is 13.2 Å². The van der Waals surface area contributed by atoms with Crippen molar-refractivity contribution < 1.29 is 32.6 Å². The van der Waals surface area contributed by atoms with Crippen LogP contribution in [0.25, 0.3) is 16.6 Å². The van der Waals surface area contributed by atoms with Crippen LogP contribution < -0.4 is 0 Å². The summed E-state index contributed by atoms with van der Waals surface area (Å²) in [6, 6.07) is 16.6. The molecule has 4 rings (SSSR count). The van der Waals surface area contributed by atoms with Crippen molar-refractivity contribution in [2.45, 2.75) is 39.2 Å². The number of aliphatic carboxylic acids is 1. The lowest BCUT2D eigenvalue weighted by Gasteiger charge is -2.20. The first-order valence-electron chi connectivity index (χ1n) is 11.0. The van der Waals surface area contributed by atoms with Crippen molar-refractivity contribution in [1.29, 1.82) is 0 Å². The van der Waals surface area contributed by atoms with E-state index in [1.807, 2.05) is 6.92 Å².